The quantitative estimate of drug-likeness (QED) is 0.393. The van der Waals surface area contributed by atoms with Crippen LogP contribution in [0, 0.1) is 0 Å². The maximum Gasteiger partial charge on any atom is 0.337 e. The maximum atomic E-state index is 12.2. The monoisotopic (exact) mass is 398 g/mol. The molecule has 0 bridgehead atoms. The fourth-order valence-corrected chi connectivity index (χ4v) is 4.06. The number of H-pyrrole nitrogens is 1. The highest BCUT2D eigenvalue weighted by Crippen LogP contribution is 2.27. The Labute approximate surface area is 162 Å². The number of imidazole rings is 1. The molecule has 0 aliphatic rings. The van der Waals surface area contributed by atoms with Gasteiger partial charge in [-0.25, -0.2) is 14.8 Å². The first kappa shape index (κ1) is 17.5. The van der Waals surface area contributed by atoms with Crippen molar-refractivity contribution in [3.63, 3.8) is 0 Å². The van der Waals surface area contributed by atoms with Gasteiger partial charge in [-0.1, -0.05) is 35.2 Å². The second-order valence-electron chi connectivity index (χ2n) is 5.59. The van der Waals surface area contributed by atoms with Crippen LogP contribution in [0.4, 0.5) is 5.13 Å². The van der Waals surface area contributed by atoms with Gasteiger partial charge in [0.1, 0.15) is 0 Å². The van der Waals surface area contributed by atoms with Gasteiger partial charge in [-0.15, -0.1) is 0 Å². The molecular weight excluding hydrogens is 384 g/mol. The predicted octanol–water partition coefficient (Wildman–Crippen LogP) is 3.69. The third-order valence-electron chi connectivity index (χ3n) is 3.76. The second-order valence-corrected chi connectivity index (χ2v) is 7.58. The molecule has 0 saturated heterocycles. The first-order valence-electron chi connectivity index (χ1n) is 7.99. The number of ether oxygens (including phenoxy) is 1. The summed E-state index contributed by atoms with van der Waals surface area (Å²) in [5.41, 5.74) is 2.87. The SMILES string of the molecule is COC(=O)c1ccc2sc(NC(=O)CSc3nc4ccccc4[nH]3)nc2c1. The first-order chi connectivity index (χ1) is 13.1. The minimum atomic E-state index is -0.419. The van der Waals surface area contributed by atoms with Crippen LogP contribution in [0.1, 0.15) is 10.4 Å². The fraction of sp³-hybridized carbons (Fsp3) is 0.111. The zero-order valence-corrected chi connectivity index (χ0v) is 15.8. The molecule has 1 amide bonds. The largest absolute Gasteiger partial charge is 0.465 e. The average Bonchev–Trinajstić information content (AvgIpc) is 3.27. The number of esters is 1. The van der Waals surface area contributed by atoms with Crippen LogP contribution in [-0.4, -0.2) is 39.7 Å². The topological polar surface area (TPSA) is 97.0 Å². The van der Waals surface area contributed by atoms with Crippen LogP contribution < -0.4 is 5.32 Å². The van der Waals surface area contributed by atoms with Gasteiger partial charge in [-0.3, -0.25) is 4.79 Å². The average molecular weight is 398 g/mol. The van der Waals surface area contributed by atoms with E-state index in [1.165, 1.54) is 30.2 Å². The number of anilines is 1. The van der Waals surface area contributed by atoms with Gasteiger partial charge in [0.15, 0.2) is 10.3 Å². The minimum absolute atomic E-state index is 0.173. The Hall–Kier alpha value is -2.91. The molecule has 0 unspecified atom stereocenters. The molecule has 2 aromatic carbocycles. The number of hydrogen-bond acceptors (Lipinski definition) is 7. The molecule has 0 radical (unpaired) electrons. The van der Waals surface area contributed by atoms with Crippen molar-refractivity contribution in [2.45, 2.75) is 5.16 Å². The lowest BCUT2D eigenvalue weighted by Crippen LogP contribution is -2.13. The summed E-state index contributed by atoms with van der Waals surface area (Å²) < 4.78 is 5.59. The number of para-hydroxylation sites is 2. The summed E-state index contributed by atoms with van der Waals surface area (Å²) in [4.78, 5) is 35.8. The van der Waals surface area contributed by atoms with E-state index in [1.54, 1.807) is 18.2 Å². The molecule has 9 heteroatoms. The van der Waals surface area contributed by atoms with Crippen molar-refractivity contribution in [3.05, 3.63) is 48.0 Å². The summed E-state index contributed by atoms with van der Waals surface area (Å²) in [5.74, 6) is -0.381. The highest BCUT2D eigenvalue weighted by atomic mass is 32.2. The summed E-state index contributed by atoms with van der Waals surface area (Å²) in [7, 11) is 1.33. The molecule has 2 N–H and O–H groups in total. The molecule has 27 heavy (non-hydrogen) atoms. The molecule has 0 atom stereocenters. The summed E-state index contributed by atoms with van der Waals surface area (Å²) in [5, 5.41) is 3.97. The Bertz CT molecular complexity index is 1120. The number of carbonyl (C=O) groups is 2. The molecule has 136 valence electrons. The Kier molecular flexibility index (Phi) is 4.78. The van der Waals surface area contributed by atoms with Crippen molar-refractivity contribution in [1.82, 2.24) is 15.0 Å². The maximum absolute atomic E-state index is 12.2. The molecule has 0 aliphatic heterocycles. The Balaban J connectivity index is 1.42. The van der Waals surface area contributed by atoms with Gasteiger partial charge >= 0.3 is 5.97 Å². The molecule has 0 spiro atoms. The van der Waals surface area contributed by atoms with E-state index in [0.29, 0.717) is 21.4 Å². The fourth-order valence-electron chi connectivity index (χ4n) is 2.51. The number of methoxy groups -OCH3 is 1. The molecule has 0 saturated carbocycles. The molecule has 7 nitrogen and oxygen atoms in total. The number of carbonyl (C=O) groups excluding carboxylic acids is 2. The van der Waals surface area contributed by atoms with E-state index in [9.17, 15) is 9.59 Å². The smallest absolute Gasteiger partial charge is 0.337 e. The van der Waals surface area contributed by atoms with Crippen molar-refractivity contribution in [2.24, 2.45) is 0 Å². The molecule has 2 heterocycles. The zero-order valence-electron chi connectivity index (χ0n) is 14.2. The number of nitrogens with one attached hydrogen (secondary N) is 2. The number of nitrogens with zero attached hydrogens (tertiary/aromatic N) is 2. The normalized spacial score (nSPS) is 11.0. The number of benzene rings is 2. The van der Waals surface area contributed by atoms with Crippen molar-refractivity contribution in [2.75, 3.05) is 18.2 Å². The van der Waals surface area contributed by atoms with Gasteiger partial charge in [-0.05, 0) is 30.3 Å². The number of aromatic amines is 1. The van der Waals surface area contributed by atoms with Crippen LogP contribution in [0.15, 0.2) is 47.6 Å². The molecule has 2 aromatic heterocycles. The van der Waals surface area contributed by atoms with Crippen LogP contribution >= 0.6 is 23.1 Å². The highest BCUT2D eigenvalue weighted by molar-refractivity contribution is 7.99. The summed E-state index contributed by atoms with van der Waals surface area (Å²) in [6.45, 7) is 0. The van der Waals surface area contributed by atoms with Gasteiger partial charge in [0.2, 0.25) is 5.91 Å². The van der Waals surface area contributed by atoms with Crippen LogP contribution in [0.2, 0.25) is 0 Å². The first-order valence-corrected chi connectivity index (χ1v) is 9.79. The number of fused-ring (bicyclic) bond motifs is 2. The van der Waals surface area contributed by atoms with Crippen LogP contribution in [0.5, 0.6) is 0 Å². The zero-order chi connectivity index (χ0) is 18.8. The molecule has 4 rings (SSSR count). The third kappa shape index (κ3) is 3.79. The Morgan fingerprint density at radius 2 is 2.04 bits per heavy atom. The van der Waals surface area contributed by atoms with E-state index < -0.39 is 5.97 Å². The van der Waals surface area contributed by atoms with E-state index in [0.717, 1.165) is 15.7 Å². The minimum Gasteiger partial charge on any atom is -0.465 e. The Morgan fingerprint density at radius 3 is 2.85 bits per heavy atom. The lowest BCUT2D eigenvalue weighted by Gasteiger charge is -1.99. The van der Waals surface area contributed by atoms with E-state index in [4.69, 9.17) is 4.74 Å². The van der Waals surface area contributed by atoms with Crippen molar-refractivity contribution >= 4 is 61.4 Å². The van der Waals surface area contributed by atoms with Crippen LogP contribution in [0.25, 0.3) is 21.3 Å². The second kappa shape index (κ2) is 7.37. The number of hydrogen-bond donors (Lipinski definition) is 2. The number of aromatic nitrogens is 3. The van der Waals surface area contributed by atoms with Crippen molar-refractivity contribution < 1.29 is 14.3 Å². The summed E-state index contributed by atoms with van der Waals surface area (Å²) in [6, 6.07) is 12.8. The summed E-state index contributed by atoms with van der Waals surface area (Å²) in [6.07, 6.45) is 0. The lowest BCUT2D eigenvalue weighted by molar-refractivity contribution is -0.113. The Morgan fingerprint density at radius 1 is 1.19 bits per heavy atom. The van der Waals surface area contributed by atoms with Crippen LogP contribution in [0.3, 0.4) is 0 Å². The number of amides is 1. The van der Waals surface area contributed by atoms with Gasteiger partial charge in [-0.2, -0.15) is 0 Å². The van der Waals surface area contributed by atoms with Crippen LogP contribution in [-0.2, 0) is 9.53 Å². The van der Waals surface area contributed by atoms with Crippen molar-refractivity contribution in [3.8, 4) is 0 Å². The summed E-state index contributed by atoms with van der Waals surface area (Å²) >= 11 is 2.68. The van der Waals surface area contributed by atoms with E-state index >= 15 is 0 Å². The highest BCUT2D eigenvalue weighted by Gasteiger charge is 2.12. The molecule has 4 aromatic rings. The third-order valence-corrected chi connectivity index (χ3v) is 5.59. The van der Waals surface area contributed by atoms with E-state index in [2.05, 4.69) is 20.3 Å². The number of thioether (sulfide) groups is 1. The standard InChI is InChI=1S/C18H14N4O3S2/c1-25-16(24)10-6-7-14-13(8-10)21-18(27-14)22-15(23)9-26-17-19-11-4-2-3-5-12(11)20-17/h2-8H,9H2,1H3,(H,19,20)(H,21,22,23). The molecular formula is C18H14N4O3S2. The molecule has 0 fully saturated rings. The molecule has 0 aliphatic carbocycles. The van der Waals surface area contributed by atoms with Gasteiger partial charge in [0.25, 0.3) is 0 Å². The number of rotatable bonds is 5. The van der Waals surface area contributed by atoms with Crippen molar-refractivity contribution in [1.29, 1.82) is 0 Å². The van der Waals surface area contributed by atoms with E-state index in [-0.39, 0.29) is 11.7 Å². The lowest BCUT2D eigenvalue weighted by atomic mass is 10.2. The number of thiazole rings is 1. The van der Waals surface area contributed by atoms with Gasteiger partial charge in [0, 0.05) is 0 Å². The van der Waals surface area contributed by atoms with E-state index in [1.807, 2.05) is 24.3 Å². The predicted molar refractivity (Wildman–Crippen MR) is 106 cm³/mol. The van der Waals surface area contributed by atoms with Gasteiger partial charge in [0.05, 0.1) is 39.7 Å². The van der Waals surface area contributed by atoms with Gasteiger partial charge < -0.3 is 15.0 Å².